The number of piperidine rings is 1. The Morgan fingerprint density at radius 1 is 1.15 bits per heavy atom. The molecular weight excluding hydrogens is 328 g/mol. The molecule has 1 heterocycles. The van der Waals surface area contributed by atoms with E-state index in [4.69, 9.17) is 9.47 Å². The summed E-state index contributed by atoms with van der Waals surface area (Å²) in [5.41, 5.74) is 3.08. The number of nitrogens with zero attached hydrogens (tertiary/aromatic N) is 1. The second kappa shape index (κ2) is 8.72. The number of amides is 1. The van der Waals surface area contributed by atoms with Crippen LogP contribution in [0.1, 0.15) is 18.4 Å². The van der Waals surface area contributed by atoms with Crippen molar-refractivity contribution < 1.29 is 14.3 Å². The molecule has 0 radical (unpaired) electrons. The first-order chi connectivity index (χ1) is 12.6. The first-order valence-electron chi connectivity index (χ1n) is 9.01. The summed E-state index contributed by atoms with van der Waals surface area (Å²) in [6.45, 7) is 3.95. The van der Waals surface area contributed by atoms with Crippen molar-refractivity contribution in [2.24, 2.45) is 0 Å². The predicted octanol–water partition coefficient (Wildman–Crippen LogP) is 3.63. The molecule has 0 spiro atoms. The van der Waals surface area contributed by atoms with Crippen LogP contribution < -0.4 is 15.0 Å². The summed E-state index contributed by atoms with van der Waals surface area (Å²) >= 11 is 0. The number of methoxy groups -OCH3 is 1. The number of nitrogens with one attached hydrogen (secondary N) is 1. The summed E-state index contributed by atoms with van der Waals surface area (Å²) in [7, 11) is 1.77. The molecule has 2 aromatic carbocycles. The highest BCUT2D eigenvalue weighted by Gasteiger charge is 2.19. The van der Waals surface area contributed by atoms with E-state index in [2.05, 4.69) is 10.2 Å². The molecule has 26 heavy (non-hydrogen) atoms. The Kier molecular flexibility index (Phi) is 6.12. The number of carbonyl (C=O) groups excluding carboxylic acids is 1. The number of benzene rings is 2. The van der Waals surface area contributed by atoms with E-state index >= 15 is 0 Å². The first kappa shape index (κ1) is 18.3. The molecule has 1 unspecified atom stereocenters. The highest BCUT2D eigenvalue weighted by Crippen LogP contribution is 2.23. The molecule has 1 aliphatic rings. The molecule has 1 fully saturated rings. The van der Waals surface area contributed by atoms with E-state index in [1.807, 2.05) is 55.5 Å². The van der Waals surface area contributed by atoms with E-state index in [0.717, 1.165) is 42.9 Å². The topological polar surface area (TPSA) is 50.8 Å². The second-order valence-electron chi connectivity index (χ2n) is 6.64. The van der Waals surface area contributed by atoms with Gasteiger partial charge in [-0.05, 0) is 56.2 Å². The van der Waals surface area contributed by atoms with E-state index in [-0.39, 0.29) is 12.5 Å². The smallest absolute Gasteiger partial charge is 0.262 e. The van der Waals surface area contributed by atoms with Crippen molar-refractivity contribution in [1.82, 2.24) is 0 Å². The summed E-state index contributed by atoms with van der Waals surface area (Å²) in [5, 5.41) is 2.87. The lowest BCUT2D eigenvalue weighted by Crippen LogP contribution is -2.39. The molecule has 2 aromatic rings. The minimum atomic E-state index is -0.171. The van der Waals surface area contributed by atoms with Crippen molar-refractivity contribution in [3.8, 4) is 5.75 Å². The van der Waals surface area contributed by atoms with E-state index in [1.165, 1.54) is 0 Å². The van der Waals surface area contributed by atoms with Crippen molar-refractivity contribution in [1.29, 1.82) is 0 Å². The molecule has 0 aliphatic carbocycles. The Bertz CT molecular complexity index is 713. The highest BCUT2D eigenvalue weighted by atomic mass is 16.5. The summed E-state index contributed by atoms with van der Waals surface area (Å²) in [6.07, 6.45) is 2.54. The standard InChI is InChI=1S/C21H26N2O3/c1-16-5-11-19(12-6-16)26-15-21(24)22-17-7-9-18(10-8-17)23-13-3-4-20(14-23)25-2/h5-12,20H,3-4,13-15H2,1-2H3,(H,22,24). The van der Waals surface area contributed by atoms with Gasteiger partial charge in [0.15, 0.2) is 6.61 Å². The minimum Gasteiger partial charge on any atom is -0.484 e. The zero-order chi connectivity index (χ0) is 18.4. The van der Waals surface area contributed by atoms with Gasteiger partial charge in [0.25, 0.3) is 5.91 Å². The SMILES string of the molecule is COC1CCCN(c2ccc(NC(=O)COc3ccc(C)cc3)cc2)C1. The molecule has 3 rings (SSSR count). The van der Waals surface area contributed by atoms with Gasteiger partial charge in [0.2, 0.25) is 0 Å². The average Bonchev–Trinajstić information content (AvgIpc) is 2.68. The number of hydrogen-bond acceptors (Lipinski definition) is 4. The van der Waals surface area contributed by atoms with Gasteiger partial charge in [0.1, 0.15) is 5.75 Å². The number of ether oxygens (including phenoxy) is 2. The van der Waals surface area contributed by atoms with Crippen LogP contribution in [-0.4, -0.2) is 38.8 Å². The van der Waals surface area contributed by atoms with Crippen LogP contribution in [0.4, 0.5) is 11.4 Å². The average molecular weight is 354 g/mol. The molecule has 0 saturated carbocycles. The van der Waals surface area contributed by atoms with Crippen LogP contribution >= 0.6 is 0 Å². The maximum absolute atomic E-state index is 12.1. The van der Waals surface area contributed by atoms with Crippen LogP contribution in [0.15, 0.2) is 48.5 Å². The van der Waals surface area contributed by atoms with Gasteiger partial charge < -0.3 is 19.7 Å². The fourth-order valence-electron chi connectivity index (χ4n) is 3.10. The van der Waals surface area contributed by atoms with E-state index < -0.39 is 0 Å². The Hall–Kier alpha value is -2.53. The third-order valence-corrected chi connectivity index (χ3v) is 4.62. The quantitative estimate of drug-likeness (QED) is 0.861. The van der Waals surface area contributed by atoms with Crippen LogP contribution in [0.3, 0.4) is 0 Å². The minimum absolute atomic E-state index is 0.00748. The maximum atomic E-state index is 12.1. The number of anilines is 2. The van der Waals surface area contributed by atoms with Crippen molar-refractivity contribution in [2.75, 3.05) is 37.0 Å². The van der Waals surface area contributed by atoms with Crippen molar-refractivity contribution in [3.63, 3.8) is 0 Å². The van der Waals surface area contributed by atoms with E-state index in [9.17, 15) is 4.79 Å². The zero-order valence-electron chi connectivity index (χ0n) is 15.4. The van der Waals surface area contributed by atoms with Crippen LogP contribution in [0, 0.1) is 6.92 Å². The van der Waals surface area contributed by atoms with Gasteiger partial charge in [0.05, 0.1) is 6.10 Å². The summed E-state index contributed by atoms with van der Waals surface area (Å²) in [6, 6.07) is 15.6. The lowest BCUT2D eigenvalue weighted by atomic mass is 10.1. The van der Waals surface area contributed by atoms with Crippen LogP contribution in [0.2, 0.25) is 0 Å². The van der Waals surface area contributed by atoms with Crippen LogP contribution in [0.5, 0.6) is 5.75 Å². The molecule has 1 atom stereocenters. The van der Waals surface area contributed by atoms with E-state index in [1.54, 1.807) is 7.11 Å². The summed E-state index contributed by atoms with van der Waals surface area (Å²) in [5.74, 6) is 0.523. The third-order valence-electron chi connectivity index (χ3n) is 4.62. The molecule has 1 amide bonds. The normalized spacial score (nSPS) is 17.0. The van der Waals surface area contributed by atoms with Crippen LogP contribution in [-0.2, 0) is 9.53 Å². The number of hydrogen-bond donors (Lipinski definition) is 1. The third kappa shape index (κ3) is 4.99. The van der Waals surface area contributed by atoms with Gasteiger partial charge in [-0.15, -0.1) is 0 Å². The molecule has 1 saturated heterocycles. The summed E-state index contributed by atoms with van der Waals surface area (Å²) < 4.78 is 11.0. The predicted molar refractivity (Wildman–Crippen MR) is 104 cm³/mol. The lowest BCUT2D eigenvalue weighted by molar-refractivity contribution is -0.118. The van der Waals surface area contributed by atoms with Gasteiger partial charge in [-0.1, -0.05) is 17.7 Å². The van der Waals surface area contributed by atoms with Gasteiger partial charge in [-0.25, -0.2) is 0 Å². The number of aryl methyl sites for hydroxylation is 1. The zero-order valence-corrected chi connectivity index (χ0v) is 15.4. The molecule has 1 aliphatic heterocycles. The fourth-order valence-corrected chi connectivity index (χ4v) is 3.10. The first-order valence-corrected chi connectivity index (χ1v) is 9.01. The van der Waals surface area contributed by atoms with E-state index in [0.29, 0.717) is 11.9 Å². The monoisotopic (exact) mass is 354 g/mol. The molecule has 1 N–H and O–H groups in total. The van der Waals surface area contributed by atoms with Gasteiger partial charge >= 0.3 is 0 Å². The molecule has 0 bridgehead atoms. The van der Waals surface area contributed by atoms with Gasteiger partial charge in [-0.3, -0.25) is 4.79 Å². The van der Waals surface area contributed by atoms with Crippen LogP contribution in [0.25, 0.3) is 0 Å². The van der Waals surface area contributed by atoms with Crippen molar-refractivity contribution in [2.45, 2.75) is 25.9 Å². The lowest BCUT2D eigenvalue weighted by Gasteiger charge is -2.33. The summed E-state index contributed by atoms with van der Waals surface area (Å²) in [4.78, 5) is 14.4. The Balaban J connectivity index is 1.50. The van der Waals surface area contributed by atoms with Crippen molar-refractivity contribution in [3.05, 3.63) is 54.1 Å². The molecular formula is C21H26N2O3. The Morgan fingerprint density at radius 2 is 1.88 bits per heavy atom. The molecule has 0 aromatic heterocycles. The van der Waals surface area contributed by atoms with Gasteiger partial charge in [0, 0.05) is 31.6 Å². The number of rotatable bonds is 6. The highest BCUT2D eigenvalue weighted by molar-refractivity contribution is 5.92. The molecule has 138 valence electrons. The van der Waals surface area contributed by atoms with Crippen molar-refractivity contribution >= 4 is 17.3 Å². The second-order valence-corrected chi connectivity index (χ2v) is 6.64. The van der Waals surface area contributed by atoms with Gasteiger partial charge in [-0.2, -0.15) is 0 Å². The maximum Gasteiger partial charge on any atom is 0.262 e. The Morgan fingerprint density at radius 3 is 2.58 bits per heavy atom. The fraction of sp³-hybridized carbons (Fsp3) is 0.381. The Labute approximate surface area is 154 Å². The number of carbonyl (C=O) groups is 1. The molecule has 5 heteroatoms. The molecule has 5 nitrogen and oxygen atoms in total. The largest absolute Gasteiger partial charge is 0.484 e.